The number of carbonyl (C=O) groups excluding carboxylic acids is 2. The smallest absolute Gasteiger partial charge is 0.257 e. The largest absolute Gasteiger partial charge is 0.497 e. The Hall–Kier alpha value is -3.84. The lowest BCUT2D eigenvalue weighted by atomic mass is 10.1. The van der Waals surface area contributed by atoms with E-state index in [2.05, 4.69) is 16.0 Å². The van der Waals surface area contributed by atoms with Crippen molar-refractivity contribution in [2.24, 2.45) is 0 Å². The van der Waals surface area contributed by atoms with Gasteiger partial charge in [-0.1, -0.05) is 12.1 Å². The normalized spacial score (nSPS) is 10.2. The zero-order valence-corrected chi connectivity index (χ0v) is 16.8. The standard InChI is InChI=1S/C23H23N3O4/c1-29-15-22(27)25-17-7-9-18(10-8-17)26-23(28)20-5-3-4-6-21(20)24-16-11-13-19(30-2)14-12-16/h3-14,24H,15H2,1-2H3,(H,25,27)(H,26,28). The third-order valence-electron chi connectivity index (χ3n) is 4.24. The van der Waals surface area contributed by atoms with Gasteiger partial charge in [0, 0.05) is 24.2 Å². The zero-order chi connectivity index (χ0) is 21.3. The molecule has 0 heterocycles. The summed E-state index contributed by atoms with van der Waals surface area (Å²) >= 11 is 0. The molecular formula is C23H23N3O4. The van der Waals surface area contributed by atoms with Gasteiger partial charge in [-0.25, -0.2) is 0 Å². The molecule has 0 bridgehead atoms. The van der Waals surface area contributed by atoms with Crippen LogP contribution in [0.2, 0.25) is 0 Å². The van der Waals surface area contributed by atoms with Crippen molar-refractivity contribution in [1.82, 2.24) is 0 Å². The Bertz CT molecular complexity index is 1000. The summed E-state index contributed by atoms with van der Waals surface area (Å²) in [4.78, 5) is 24.4. The van der Waals surface area contributed by atoms with Gasteiger partial charge in [-0.3, -0.25) is 9.59 Å². The van der Waals surface area contributed by atoms with Gasteiger partial charge in [-0.05, 0) is 60.7 Å². The minimum Gasteiger partial charge on any atom is -0.497 e. The highest BCUT2D eigenvalue weighted by atomic mass is 16.5. The number of benzene rings is 3. The lowest BCUT2D eigenvalue weighted by Gasteiger charge is -2.13. The van der Waals surface area contributed by atoms with Crippen LogP contribution in [0.4, 0.5) is 22.7 Å². The molecule has 3 aromatic carbocycles. The minimum absolute atomic E-state index is 0.0174. The number of rotatable bonds is 8. The van der Waals surface area contributed by atoms with Crippen LogP contribution in [0.3, 0.4) is 0 Å². The Balaban J connectivity index is 1.69. The highest BCUT2D eigenvalue weighted by molar-refractivity contribution is 6.08. The van der Waals surface area contributed by atoms with Gasteiger partial charge in [0.15, 0.2) is 0 Å². The van der Waals surface area contributed by atoms with Crippen LogP contribution in [0.1, 0.15) is 10.4 Å². The molecule has 0 aliphatic carbocycles. The van der Waals surface area contributed by atoms with Crippen LogP contribution < -0.4 is 20.7 Å². The minimum atomic E-state index is -0.247. The number of carbonyl (C=O) groups is 2. The van der Waals surface area contributed by atoms with Gasteiger partial charge in [0.1, 0.15) is 12.4 Å². The summed E-state index contributed by atoms with van der Waals surface area (Å²) in [6, 6.07) is 21.6. The monoisotopic (exact) mass is 405 g/mol. The van der Waals surface area contributed by atoms with Gasteiger partial charge in [-0.2, -0.15) is 0 Å². The van der Waals surface area contributed by atoms with Gasteiger partial charge < -0.3 is 25.4 Å². The van der Waals surface area contributed by atoms with Crippen LogP contribution in [-0.4, -0.2) is 32.6 Å². The third kappa shape index (κ3) is 5.59. The molecule has 0 aromatic heterocycles. The molecular weight excluding hydrogens is 382 g/mol. The molecule has 7 nitrogen and oxygen atoms in total. The molecule has 154 valence electrons. The Kier molecular flexibility index (Phi) is 7.02. The lowest BCUT2D eigenvalue weighted by molar-refractivity contribution is -0.119. The zero-order valence-electron chi connectivity index (χ0n) is 16.8. The van der Waals surface area contributed by atoms with E-state index in [4.69, 9.17) is 9.47 Å². The Morgan fingerprint density at radius 2 is 1.37 bits per heavy atom. The molecule has 0 radical (unpaired) electrons. The molecule has 0 aliphatic rings. The second-order valence-electron chi connectivity index (χ2n) is 6.41. The quantitative estimate of drug-likeness (QED) is 0.521. The molecule has 3 N–H and O–H groups in total. The van der Waals surface area contributed by atoms with E-state index in [1.54, 1.807) is 37.4 Å². The summed E-state index contributed by atoms with van der Waals surface area (Å²) in [7, 11) is 3.07. The molecule has 2 amide bonds. The fraction of sp³-hybridized carbons (Fsp3) is 0.130. The molecule has 0 fully saturated rings. The molecule has 0 unspecified atom stereocenters. The number of anilines is 4. The van der Waals surface area contributed by atoms with Crippen molar-refractivity contribution in [2.75, 3.05) is 36.8 Å². The predicted molar refractivity (Wildman–Crippen MR) is 118 cm³/mol. The summed E-state index contributed by atoms with van der Waals surface area (Å²) in [5.74, 6) is 0.268. The topological polar surface area (TPSA) is 88.7 Å². The van der Waals surface area contributed by atoms with Gasteiger partial charge in [0.05, 0.1) is 18.4 Å². The van der Waals surface area contributed by atoms with E-state index >= 15 is 0 Å². The number of nitrogens with one attached hydrogen (secondary N) is 3. The molecule has 3 rings (SSSR count). The average molecular weight is 405 g/mol. The fourth-order valence-electron chi connectivity index (χ4n) is 2.78. The first-order valence-electron chi connectivity index (χ1n) is 9.29. The van der Waals surface area contributed by atoms with E-state index in [9.17, 15) is 9.59 Å². The first kappa shape index (κ1) is 20.9. The number of ether oxygens (including phenoxy) is 2. The van der Waals surface area contributed by atoms with Crippen molar-refractivity contribution in [3.8, 4) is 5.75 Å². The summed E-state index contributed by atoms with van der Waals surface area (Å²) < 4.78 is 9.95. The van der Waals surface area contributed by atoms with E-state index in [0.29, 0.717) is 22.6 Å². The van der Waals surface area contributed by atoms with E-state index in [-0.39, 0.29) is 18.4 Å². The van der Waals surface area contributed by atoms with Crippen molar-refractivity contribution in [3.05, 3.63) is 78.4 Å². The highest BCUT2D eigenvalue weighted by Gasteiger charge is 2.12. The number of amides is 2. The van der Waals surface area contributed by atoms with Crippen LogP contribution in [0.5, 0.6) is 5.75 Å². The van der Waals surface area contributed by atoms with E-state index in [1.807, 2.05) is 42.5 Å². The average Bonchev–Trinajstić information content (AvgIpc) is 2.76. The van der Waals surface area contributed by atoms with Crippen LogP contribution in [0, 0.1) is 0 Å². The molecule has 0 spiro atoms. The molecule has 30 heavy (non-hydrogen) atoms. The summed E-state index contributed by atoms with van der Waals surface area (Å²) in [6.45, 7) is -0.0174. The maximum atomic E-state index is 12.8. The summed E-state index contributed by atoms with van der Waals surface area (Å²) in [5, 5.41) is 8.83. The van der Waals surface area contributed by atoms with Gasteiger partial charge in [0.25, 0.3) is 5.91 Å². The Labute approximate surface area is 175 Å². The van der Waals surface area contributed by atoms with Crippen molar-refractivity contribution >= 4 is 34.6 Å². The summed E-state index contributed by atoms with van der Waals surface area (Å²) in [5.41, 5.74) is 3.27. The molecule has 0 saturated heterocycles. The number of hydrogen-bond acceptors (Lipinski definition) is 5. The van der Waals surface area contributed by atoms with Gasteiger partial charge in [-0.15, -0.1) is 0 Å². The van der Waals surface area contributed by atoms with Crippen LogP contribution in [-0.2, 0) is 9.53 Å². The molecule has 0 aliphatic heterocycles. The second-order valence-corrected chi connectivity index (χ2v) is 6.41. The fourth-order valence-corrected chi connectivity index (χ4v) is 2.78. The van der Waals surface area contributed by atoms with E-state index in [1.165, 1.54) is 7.11 Å². The number of hydrogen-bond donors (Lipinski definition) is 3. The third-order valence-corrected chi connectivity index (χ3v) is 4.24. The summed E-state index contributed by atoms with van der Waals surface area (Å²) in [6.07, 6.45) is 0. The molecule has 7 heteroatoms. The SMILES string of the molecule is COCC(=O)Nc1ccc(NC(=O)c2ccccc2Nc2ccc(OC)cc2)cc1. The van der Waals surface area contributed by atoms with Crippen LogP contribution in [0.25, 0.3) is 0 Å². The number of methoxy groups -OCH3 is 2. The van der Waals surface area contributed by atoms with Crippen molar-refractivity contribution in [3.63, 3.8) is 0 Å². The Morgan fingerprint density at radius 3 is 2.00 bits per heavy atom. The van der Waals surface area contributed by atoms with Crippen molar-refractivity contribution < 1.29 is 19.1 Å². The van der Waals surface area contributed by atoms with Crippen molar-refractivity contribution in [2.45, 2.75) is 0 Å². The second kappa shape index (κ2) is 10.1. The maximum absolute atomic E-state index is 12.8. The van der Waals surface area contributed by atoms with Crippen molar-refractivity contribution in [1.29, 1.82) is 0 Å². The Morgan fingerprint density at radius 1 is 0.767 bits per heavy atom. The van der Waals surface area contributed by atoms with E-state index in [0.717, 1.165) is 11.4 Å². The highest BCUT2D eigenvalue weighted by Crippen LogP contribution is 2.24. The first-order valence-corrected chi connectivity index (χ1v) is 9.29. The molecule has 3 aromatic rings. The maximum Gasteiger partial charge on any atom is 0.257 e. The predicted octanol–water partition coefficient (Wildman–Crippen LogP) is 4.28. The van der Waals surface area contributed by atoms with E-state index < -0.39 is 0 Å². The molecule has 0 saturated carbocycles. The van der Waals surface area contributed by atoms with Gasteiger partial charge in [0.2, 0.25) is 5.91 Å². The van der Waals surface area contributed by atoms with Crippen LogP contribution >= 0.6 is 0 Å². The van der Waals surface area contributed by atoms with Gasteiger partial charge >= 0.3 is 0 Å². The van der Waals surface area contributed by atoms with Crippen LogP contribution in [0.15, 0.2) is 72.8 Å². The molecule has 0 atom stereocenters. The lowest BCUT2D eigenvalue weighted by Crippen LogP contribution is -2.17. The number of para-hydroxylation sites is 1. The first-order chi connectivity index (χ1) is 14.6.